The minimum absolute atomic E-state index is 0.195. The molecule has 2 N–H and O–H groups in total. The van der Waals surface area contributed by atoms with E-state index in [1.54, 1.807) is 19.9 Å². The fourth-order valence-corrected chi connectivity index (χ4v) is 2.43. The quantitative estimate of drug-likeness (QED) is 0.660. The predicted molar refractivity (Wildman–Crippen MR) is 82.8 cm³/mol. The molecule has 0 radical (unpaired) electrons. The summed E-state index contributed by atoms with van der Waals surface area (Å²) in [4.78, 5) is -0.195. The van der Waals surface area contributed by atoms with Crippen LogP contribution in [0, 0.1) is 20.8 Å². The maximum Gasteiger partial charge on any atom is 0.294 e. The summed E-state index contributed by atoms with van der Waals surface area (Å²) in [7, 11) is -4.21. The first-order valence-corrected chi connectivity index (χ1v) is 7.93. The molecular formula is C15H16N2O4S. The molecule has 0 bridgehead atoms. The second-order valence-electron chi connectivity index (χ2n) is 4.98. The zero-order chi connectivity index (χ0) is 16.5. The standard InChI is InChI=1S/C15H16N2O4S/c1-9-8-14(10(2)11(3)15(9)18)17-16-12-4-6-13(7-5-12)22(19,20)21/h4-8,18H,1-3H3,(H,19,20,21)/b17-16+. The van der Waals surface area contributed by atoms with Gasteiger partial charge in [-0.05, 0) is 67.8 Å². The number of phenols is 1. The van der Waals surface area contributed by atoms with Crippen LogP contribution in [-0.2, 0) is 10.1 Å². The zero-order valence-electron chi connectivity index (χ0n) is 12.4. The Morgan fingerprint density at radius 1 is 0.955 bits per heavy atom. The summed E-state index contributed by atoms with van der Waals surface area (Å²) in [5, 5.41) is 18.0. The number of hydrogen-bond acceptors (Lipinski definition) is 5. The number of rotatable bonds is 3. The molecule has 2 rings (SSSR count). The first-order valence-electron chi connectivity index (χ1n) is 6.49. The van der Waals surface area contributed by atoms with Crippen molar-refractivity contribution in [2.24, 2.45) is 10.2 Å². The normalized spacial score (nSPS) is 12.0. The first-order chi connectivity index (χ1) is 10.2. The van der Waals surface area contributed by atoms with E-state index >= 15 is 0 Å². The zero-order valence-corrected chi connectivity index (χ0v) is 13.2. The molecule has 0 atom stereocenters. The molecule has 0 spiro atoms. The van der Waals surface area contributed by atoms with Crippen molar-refractivity contribution in [1.82, 2.24) is 0 Å². The van der Waals surface area contributed by atoms with Gasteiger partial charge in [0.05, 0.1) is 16.3 Å². The van der Waals surface area contributed by atoms with Crippen LogP contribution < -0.4 is 0 Å². The van der Waals surface area contributed by atoms with Crippen LogP contribution in [0.2, 0.25) is 0 Å². The van der Waals surface area contributed by atoms with E-state index in [0.717, 1.165) is 11.1 Å². The molecule has 0 aliphatic carbocycles. The van der Waals surface area contributed by atoms with Gasteiger partial charge in [0.1, 0.15) is 5.75 Å². The van der Waals surface area contributed by atoms with E-state index < -0.39 is 10.1 Å². The second-order valence-corrected chi connectivity index (χ2v) is 6.40. The van der Waals surface area contributed by atoms with Gasteiger partial charge in [0.2, 0.25) is 0 Å². The van der Waals surface area contributed by atoms with Crippen LogP contribution in [0.25, 0.3) is 0 Å². The molecule has 0 aromatic heterocycles. The summed E-state index contributed by atoms with van der Waals surface area (Å²) < 4.78 is 30.8. The van der Waals surface area contributed by atoms with Gasteiger partial charge in [-0.15, -0.1) is 0 Å². The Hall–Kier alpha value is -2.25. The van der Waals surface area contributed by atoms with Crippen molar-refractivity contribution in [2.45, 2.75) is 25.7 Å². The van der Waals surface area contributed by atoms with E-state index in [9.17, 15) is 13.5 Å². The van der Waals surface area contributed by atoms with Gasteiger partial charge in [0.15, 0.2) is 0 Å². The van der Waals surface area contributed by atoms with Crippen molar-refractivity contribution in [3.63, 3.8) is 0 Å². The molecule has 0 aliphatic heterocycles. The van der Waals surface area contributed by atoms with Crippen molar-refractivity contribution >= 4 is 21.5 Å². The van der Waals surface area contributed by atoms with Gasteiger partial charge in [-0.2, -0.15) is 18.6 Å². The number of nitrogens with zero attached hydrogens (tertiary/aromatic N) is 2. The van der Waals surface area contributed by atoms with E-state index in [4.69, 9.17) is 4.55 Å². The molecular weight excluding hydrogens is 304 g/mol. The minimum atomic E-state index is -4.21. The highest BCUT2D eigenvalue weighted by molar-refractivity contribution is 7.85. The van der Waals surface area contributed by atoms with Gasteiger partial charge in [-0.1, -0.05) is 0 Å². The summed E-state index contributed by atoms with van der Waals surface area (Å²) in [6.45, 7) is 5.42. The molecule has 0 saturated heterocycles. The van der Waals surface area contributed by atoms with Crippen LogP contribution in [0.15, 0.2) is 45.5 Å². The van der Waals surface area contributed by atoms with Crippen LogP contribution in [0.5, 0.6) is 5.75 Å². The minimum Gasteiger partial charge on any atom is -0.507 e. The summed E-state index contributed by atoms with van der Waals surface area (Å²) in [6, 6.07) is 7.13. The molecule has 6 nitrogen and oxygen atoms in total. The van der Waals surface area contributed by atoms with Crippen LogP contribution in [0.3, 0.4) is 0 Å². The molecule has 7 heteroatoms. The number of aryl methyl sites for hydroxylation is 1. The Bertz CT molecular complexity index is 841. The van der Waals surface area contributed by atoms with Gasteiger partial charge in [-0.25, -0.2) is 0 Å². The largest absolute Gasteiger partial charge is 0.507 e. The monoisotopic (exact) mass is 320 g/mol. The lowest BCUT2D eigenvalue weighted by Crippen LogP contribution is -1.96. The first kappa shape index (κ1) is 16.1. The predicted octanol–water partition coefficient (Wildman–Crippen LogP) is 3.98. The Morgan fingerprint density at radius 2 is 1.55 bits per heavy atom. The lowest BCUT2D eigenvalue weighted by molar-refractivity contribution is 0.466. The Labute approximate surface area is 128 Å². The lowest BCUT2D eigenvalue weighted by Gasteiger charge is -2.08. The fraction of sp³-hybridized carbons (Fsp3) is 0.200. The van der Waals surface area contributed by atoms with E-state index in [-0.39, 0.29) is 10.6 Å². The van der Waals surface area contributed by atoms with E-state index in [1.165, 1.54) is 24.3 Å². The van der Waals surface area contributed by atoms with Crippen molar-refractivity contribution in [3.05, 3.63) is 47.0 Å². The molecule has 0 amide bonds. The average Bonchev–Trinajstić information content (AvgIpc) is 2.47. The molecule has 2 aromatic rings. The SMILES string of the molecule is Cc1cc(/N=N/c2ccc(S(=O)(=O)O)cc2)c(C)c(C)c1O. The van der Waals surface area contributed by atoms with Crippen LogP contribution in [0.1, 0.15) is 16.7 Å². The van der Waals surface area contributed by atoms with Crippen LogP contribution in [-0.4, -0.2) is 18.1 Å². The fourth-order valence-electron chi connectivity index (χ4n) is 1.95. The van der Waals surface area contributed by atoms with Crippen LogP contribution >= 0.6 is 0 Å². The average molecular weight is 320 g/mol. The molecule has 0 heterocycles. The maximum atomic E-state index is 11.0. The Kier molecular flexibility index (Phi) is 4.30. The summed E-state index contributed by atoms with van der Waals surface area (Å²) in [5.41, 5.74) is 3.36. The summed E-state index contributed by atoms with van der Waals surface area (Å²) in [6.07, 6.45) is 0. The van der Waals surface area contributed by atoms with Gasteiger partial charge in [0.25, 0.3) is 10.1 Å². The highest BCUT2D eigenvalue weighted by Gasteiger charge is 2.10. The van der Waals surface area contributed by atoms with E-state index in [1.807, 2.05) is 6.92 Å². The van der Waals surface area contributed by atoms with Gasteiger partial charge < -0.3 is 5.11 Å². The van der Waals surface area contributed by atoms with Crippen molar-refractivity contribution in [2.75, 3.05) is 0 Å². The van der Waals surface area contributed by atoms with Gasteiger partial charge >= 0.3 is 0 Å². The number of benzene rings is 2. The molecule has 0 saturated carbocycles. The highest BCUT2D eigenvalue weighted by atomic mass is 32.2. The lowest BCUT2D eigenvalue weighted by atomic mass is 10.0. The third kappa shape index (κ3) is 3.32. The highest BCUT2D eigenvalue weighted by Crippen LogP contribution is 2.33. The molecule has 0 aliphatic rings. The van der Waals surface area contributed by atoms with Crippen molar-refractivity contribution in [3.8, 4) is 5.75 Å². The number of azo groups is 1. The number of hydrogen-bond donors (Lipinski definition) is 2. The summed E-state index contributed by atoms with van der Waals surface area (Å²) in [5.74, 6) is 0.244. The number of phenolic OH excluding ortho intramolecular Hbond substituents is 1. The summed E-state index contributed by atoms with van der Waals surface area (Å²) >= 11 is 0. The molecule has 2 aromatic carbocycles. The third-order valence-electron chi connectivity index (χ3n) is 3.44. The second kappa shape index (κ2) is 5.86. The van der Waals surface area contributed by atoms with Gasteiger partial charge in [-0.3, -0.25) is 4.55 Å². The topological polar surface area (TPSA) is 99.3 Å². The molecule has 22 heavy (non-hydrogen) atoms. The number of aromatic hydroxyl groups is 1. The third-order valence-corrected chi connectivity index (χ3v) is 4.30. The molecule has 0 unspecified atom stereocenters. The van der Waals surface area contributed by atoms with Crippen molar-refractivity contribution in [1.29, 1.82) is 0 Å². The molecule has 116 valence electrons. The van der Waals surface area contributed by atoms with E-state index in [2.05, 4.69) is 10.2 Å². The van der Waals surface area contributed by atoms with E-state index in [0.29, 0.717) is 16.9 Å². The maximum absolute atomic E-state index is 11.0. The Balaban J connectivity index is 2.34. The van der Waals surface area contributed by atoms with Crippen LogP contribution in [0.4, 0.5) is 11.4 Å². The molecule has 0 fully saturated rings. The smallest absolute Gasteiger partial charge is 0.294 e. The van der Waals surface area contributed by atoms with Gasteiger partial charge in [0, 0.05) is 0 Å². The Morgan fingerprint density at radius 3 is 2.09 bits per heavy atom. The van der Waals surface area contributed by atoms with Crippen molar-refractivity contribution < 1.29 is 18.1 Å².